The van der Waals surface area contributed by atoms with Crippen LogP contribution in [0.5, 0.6) is 0 Å². The van der Waals surface area contributed by atoms with Gasteiger partial charge in [-0.25, -0.2) is 0 Å². The highest BCUT2D eigenvalue weighted by atomic mass is 35.5. The van der Waals surface area contributed by atoms with Gasteiger partial charge in [-0.05, 0) is 18.2 Å². The van der Waals surface area contributed by atoms with Crippen molar-refractivity contribution in [2.75, 3.05) is 13.6 Å². The molecule has 5 heteroatoms. The second-order valence-corrected chi connectivity index (χ2v) is 4.17. The van der Waals surface area contributed by atoms with Gasteiger partial charge in [0, 0.05) is 29.2 Å². The third-order valence-corrected chi connectivity index (χ3v) is 2.45. The van der Waals surface area contributed by atoms with Crippen LogP contribution in [0.4, 0.5) is 0 Å². The first-order chi connectivity index (χ1) is 7.54. The second kappa shape index (κ2) is 5.74. The fourth-order valence-corrected chi connectivity index (χ4v) is 1.74. The highest BCUT2D eigenvalue weighted by Gasteiger charge is 2.12. The first-order valence-electron chi connectivity index (χ1n) is 4.63. The lowest BCUT2D eigenvalue weighted by Gasteiger charge is -2.15. The Hall–Kier alpha value is -1.24. The maximum Gasteiger partial charge on any atom is 0.253 e. The number of rotatable bonds is 3. The van der Waals surface area contributed by atoms with E-state index in [4.69, 9.17) is 28.5 Å². The summed E-state index contributed by atoms with van der Waals surface area (Å²) >= 11 is 11.6. The molecular weight excluding hydrogens is 247 g/mol. The van der Waals surface area contributed by atoms with E-state index >= 15 is 0 Å². The van der Waals surface area contributed by atoms with Crippen molar-refractivity contribution < 1.29 is 4.79 Å². The predicted molar refractivity (Wildman–Crippen MR) is 63.7 cm³/mol. The first kappa shape index (κ1) is 12.8. The molecule has 0 N–H and O–H groups in total. The van der Waals surface area contributed by atoms with Crippen molar-refractivity contribution >= 4 is 29.1 Å². The Morgan fingerprint density at radius 3 is 2.44 bits per heavy atom. The zero-order chi connectivity index (χ0) is 12.1. The van der Waals surface area contributed by atoms with Gasteiger partial charge in [-0.3, -0.25) is 4.79 Å². The smallest absolute Gasteiger partial charge is 0.253 e. The van der Waals surface area contributed by atoms with Crippen LogP contribution in [0.25, 0.3) is 0 Å². The highest BCUT2D eigenvalue weighted by Crippen LogP contribution is 2.19. The molecule has 0 aromatic heterocycles. The van der Waals surface area contributed by atoms with E-state index in [1.165, 1.54) is 4.90 Å². The van der Waals surface area contributed by atoms with Crippen LogP contribution in [0.1, 0.15) is 16.8 Å². The van der Waals surface area contributed by atoms with Crippen LogP contribution in [-0.4, -0.2) is 24.4 Å². The van der Waals surface area contributed by atoms with E-state index in [-0.39, 0.29) is 5.91 Å². The molecule has 0 saturated carbocycles. The van der Waals surface area contributed by atoms with Crippen molar-refractivity contribution in [2.24, 2.45) is 0 Å². The molecule has 0 fully saturated rings. The van der Waals surface area contributed by atoms with E-state index in [0.717, 1.165) is 0 Å². The van der Waals surface area contributed by atoms with Crippen LogP contribution < -0.4 is 0 Å². The molecule has 3 nitrogen and oxygen atoms in total. The van der Waals surface area contributed by atoms with Gasteiger partial charge in [0.15, 0.2) is 0 Å². The fourth-order valence-electron chi connectivity index (χ4n) is 1.22. The quantitative estimate of drug-likeness (QED) is 0.835. The van der Waals surface area contributed by atoms with Gasteiger partial charge in [0.05, 0.1) is 12.5 Å². The first-order valence-corrected chi connectivity index (χ1v) is 5.38. The molecule has 1 rings (SSSR count). The number of benzene rings is 1. The van der Waals surface area contributed by atoms with Gasteiger partial charge >= 0.3 is 0 Å². The Morgan fingerprint density at radius 1 is 1.38 bits per heavy atom. The molecule has 0 saturated heterocycles. The summed E-state index contributed by atoms with van der Waals surface area (Å²) in [7, 11) is 1.63. The van der Waals surface area contributed by atoms with E-state index in [2.05, 4.69) is 0 Å². The summed E-state index contributed by atoms with van der Waals surface area (Å²) in [5, 5.41) is 9.27. The molecule has 1 amide bonds. The van der Waals surface area contributed by atoms with Gasteiger partial charge in [0.25, 0.3) is 5.91 Å². The van der Waals surface area contributed by atoms with Crippen molar-refractivity contribution in [3.8, 4) is 6.07 Å². The van der Waals surface area contributed by atoms with E-state index in [1.54, 1.807) is 25.2 Å². The average Bonchev–Trinajstić information content (AvgIpc) is 2.23. The summed E-state index contributed by atoms with van der Waals surface area (Å²) in [6.45, 7) is 0.388. The van der Waals surface area contributed by atoms with Crippen molar-refractivity contribution in [3.63, 3.8) is 0 Å². The van der Waals surface area contributed by atoms with Gasteiger partial charge in [-0.2, -0.15) is 5.26 Å². The third kappa shape index (κ3) is 3.41. The molecule has 0 aliphatic heterocycles. The molecule has 84 valence electrons. The zero-order valence-electron chi connectivity index (χ0n) is 8.70. The van der Waals surface area contributed by atoms with E-state index in [1.807, 2.05) is 6.07 Å². The van der Waals surface area contributed by atoms with E-state index < -0.39 is 0 Å². The number of carbonyl (C=O) groups excluding carboxylic acids is 1. The molecule has 0 aliphatic rings. The number of amides is 1. The van der Waals surface area contributed by atoms with Crippen molar-refractivity contribution in [1.82, 2.24) is 4.90 Å². The molecule has 0 unspecified atom stereocenters. The lowest BCUT2D eigenvalue weighted by atomic mass is 10.2. The molecule has 0 bridgehead atoms. The molecule has 0 heterocycles. The van der Waals surface area contributed by atoms with Crippen LogP contribution in [-0.2, 0) is 0 Å². The molecule has 16 heavy (non-hydrogen) atoms. The standard InChI is InChI=1S/C11H10Cl2N2O/c1-15(4-2-3-14)11(16)8-5-9(12)7-10(13)6-8/h5-7H,2,4H2,1H3. The number of nitrogens with zero attached hydrogens (tertiary/aromatic N) is 2. The van der Waals surface area contributed by atoms with Gasteiger partial charge in [-0.1, -0.05) is 23.2 Å². The van der Waals surface area contributed by atoms with Crippen LogP contribution in [0.2, 0.25) is 10.0 Å². The summed E-state index contributed by atoms with van der Waals surface area (Å²) in [5.74, 6) is -0.195. The van der Waals surface area contributed by atoms with Crippen LogP contribution in [0.15, 0.2) is 18.2 Å². The minimum absolute atomic E-state index is 0.195. The normalized spacial score (nSPS) is 9.62. The number of halogens is 2. The minimum atomic E-state index is -0.195. The summed E-state index contributed by atoms with van der Waals surface area (Å²) in [4.78, 5) is 13.3. The zero-order valence-corrected chi connectivity index (χ0v) is 10.2. The minimum Gasteiger partial charge on any atom is -0.341 e. The van der Waals surface area contributed by atoms with Gasteiger partial charge in [-0.15, -0.1) is 0 Å². The Kier molecular flexibility index (Phi) is 4.60. The average molecular weight is 257 g/mol. The summed E-state index contributed by atoms with van der Waals surface area (Å²) in [6.07, 6.45) is 0.302. The molecule has 0 atom stereocenters. The Morgan fingerprint density at radius 2 is 1.94 bits per heavy atom. The fraction of sp³-hybridized carbons (Fsp3) is 0.273. The number of carbonyl (C=O) groups is 1. The second-order valence-electron chi connectivity index (χ2n) is 3.29. The topological polar surface area (TPSA) is 44.1 Å². The number of hydrogen-bond acceptors (Lipinski definition) is 2. The van der Waals surface area contributed by atoms with Gasteiger partial charge in [0.1, 0.15) is 0 Å². The predicted octanol–water partition coefficient (Wildman–Crippen LogP) is 2.98. The van der Waals surface area contributed by atoms with E-state index in [0.29, 0.717) is 28.6 Å². The number of hydrogen-bond donors (Lipinski definition) is 0. The SMILES string of the molecule is CN(CCC#N)C(=O)c1cc(Cl)cc(Cl)c1. The summed E-state index contributed by atoms with van der Waals surface area (Å²) in [6, 6.07) is 6.65. The lowest BCUT2D eigenvalue weighted by Crippen LogP contribution is -2.27. The maximum atomic E-state index is 11.9. The molecule has 1 aromatic rings. The largest absolute Gasteiger partial charge is 0.341 e. The molecule has 0 aliphatic carbocycles. The highest BCUT2D eigenvalue weighted by molar-refractivity contribution is 6.35. The molecule has 0 spiro atoms. The van der Waals surface area contributed by atoms with Crippen LogP contribution in [0, 0.1) is 11.3 Å². The molecule has 0 radical (unpaired) electrons. The van der Waals surface area contributed by atoms with Gasteiger partial charge in [0.2, 0.25) is 0 Å². The summed E-state index contributed by atoms with van der Waals surface area (Å²) < 4.78 is 0. The number of nitriles is 1. The van der Waals surface area contributed by atoms with Gasteiger partial charge < -0.3 is 4.90 Å². The third-order valence-electron chi connectivity index (χ3n) is 2.02. The van der Waals surface area contributed by atoms with E-state index in [9.17, 15) is 4.79 Å². The van der Waals surface area contributed by atoms with Crippen molar-refractivity contribution in [1.29, 1.82) is 5.26 Å². The van der Waals surface area contributed by atoms with Crippen molar-refractivity contribution in [3.05, 3.63) is 33.8 Å². The van der Waals surface area contributed by atoms with Crippen LogP contribution in [0.3, 0.4) is 0 Å². The summed E-state index contributed by atoms with van der Waals surface area (Å²) in [5.41, 5.74) is 0.429. The molecular formula is C11H10Cl2N2O. The Labute approximate surface area is 104 Å². The Balaban J connectivity index is 2.84. The van der Waals surface area contributed by atoms with Crippen molar-refractivity contribution in [2.45, 2.75) is 6.42 Å². The van der Waals surface area contributed by atoms with Crippen LogP contribution >= 0.6 is 23.2 Å². The monoisotopic (exact) mass is 256 g/mol. The lowest BCUT2D eigenvalue weighted by molar-refractivity contribution is 0.0798. The molecule has 1 aromatic carbocycles. The Bertz CT molecular complexity index is 420. The maximum absolute atomic E-state index is 11.9.